The molecular formula is C20H21NO6. The standard InChI is InChI=1S/C20H21NO6/c1-3-26-15-10-8-14(9-11-15)12-19(23)27-13-18(22)21-17-7-5-4-6-16(17)20(24)25-2/h4-11H,3,12-13H2,1-2H3,(H,21,22). The lowest BCUT2D eigenvalue weighted by Gasteiger charge is -2.10. The Morgan fingerprint density at radius 1 is 1.00 bits per heavy atom. The summed E-state index contributed by atoms with van der Waals surface area (Å²) in [5, 5.41) is 2.53. The Morgan fingerprint density at radius 2 is 1.70 bits per heavy atom. The number of carbonyl (C=O) groups is 3. The molecule has 0 unspecified atom stereocenters. The third-order valence-electron chi connectivity index (χ3n) is 3.55. The first-order chi connectivity index (χ1) is 13.0. The topological polar surface area (TPSA) is 90.9 Å². The van der Waals surface area contributed by atoms with Gasteiger partial charge in [0.05, 0.1) is 31.4 Å². The highest BCUT2D eigenvalue weighted by atomic mass is 16.5. The molecule has 1 amide bonds. The SMILES string of the molecule is CCOc1ccc(CC(=O)OCC(=O)Nc2ccccc2C(=O)OC)cc1. The van der Waals surface area contributed by atoms with Gasteiger partial charge in [-0.15, -0.1) is 0 Å². The van der Waals surface area contributed by atoms with Gasteiger partial charge in [0.25, 0.3) is 5.91 Å². The Bertz CT molecular complexity index is 800. The van der Waals surface area contributed by atoms with Crippen LogP contribution in [0, 0.1) is 0 Å². The number of benzene rings is 2. The molecule has 0 aromatic heterocycles. The van der Waals surface area contributed by atoms with Gasteiger partial charge in [-0.05, 0) is 36.8 Å². The van der Waals surface area contributed by atoms with Crippen LogP contribution in [0.5, 0.6) is 5.75 Å². The normalized spacial score (nSPS) is 10.0. The van der Waals surface area contributed by atoms with Crippen molar-refractivity contribution in [2.75, 3.05) is 25.6 Å². The summed E-state index contributed by atoms with van der Waals surface area (Å²) in [6.07, 6.45) is 0.0401. The van der Waals surface area contributed by atoms with Crippen LogP contribution in [0.25, 0.3) is 0 Å². The van der Waals surface area contributed by atoms with Crippen LogP contribution in [-0.2, 0) is 25.5 Å². The van der Waals surface area contributed by atoms with Crippen molar-refractivity contribution in [3.8, 4) is 5.75 Å². The third kappa shape index (κ3) is 6.14. The predicted octanol–water partition coefficient (Wildman–Crippen LogP) is 2.60. The lowest BCUT2D eigenvalue weighted by atomic mass is 10.1. The molecule has 2 aromatic rings. The quantitative estimate of drug-likeness (QED) is 0.717. The highest BCUT2D eigenvalue weighted by molar-refractivity contribution is 6.01. The van der Waals surface area contributed by atoms with Crippen molar-refractivity contribution < 1.29 is 28.6 Å². The second kappa shape index (κ2) is 9.96. The molecule has 2 aromatic carbocycles. The zero-order chi connectivity index (χ0) is 19.6. The Morgan fingerprint density at radius 3 is 2.37 bits per heavy atom. The van der Waals surface area contributed by atoms with Crippen LogP contribution < -0.4 is 10.1 Å². The van der Waals surface area contributed by atoms with E-state index in [1.54, 1.807) is 42.5 Å². The van der Waals surface area contributed by atoms with Crippen LogP contribution in [0.3, 0.4) is 0 Å². The van der Waals surface area contributed by atoms with Crippen molar-refractivity contribution in [3.05, 3.63) is 59.7 Å². The van der Waals surface area contributed by atoms with Crippen LogP contribution in [0.4, 0.5) is 5.69 Å². The van der Waals surface area contributed by atoms with E-state index in [1.165, 1.54) is 13.2 Å². The molecule has 0 aliphatic heterocycles. The van der Waals surface area contributed by atoms with Crippen LogP contribution in [-0.4, -0.2) is 38.2 Å². The fourth-order valence-corrected chi connectivity index (χ4v) is 2.30. The number of hydrogen-bond acceptors (Lipinski definition) is 6. The Labute approximate surface area is 157 Å². The molecule has 0 aliphatic rings. The van der Waals surface area contributed by atoms with Crippen molar-refractivity contribution in [1.82, 2.24) is 0 Å². The van der Waals surface area contributed by atoms with Crippen molar-refractivity contribution in [3.63, 3.8) is 0 Å². The van der Waals surface area contributed by atoms with Gasteiger partial charge >= 0.3 is 11.9 Å². The summed E-state index contributed by atoms with van der Waals surface area (Å²) < 4.78 is 15.0. The summed E-state index contributed by atoms with van der Waals surface area (Å²) in [7, 11) is 1.25. The zero-order valence-electron chi connectivity index (χ0n) is 15.2. The summed E-state index contributed by atoms with van der Waals surface area (Å²) in [6.45, 7) is 2.00. The minimum Gasteiger partial charge on any atom is -0.494 e. The third-order valence-corrected chi connectivity index (χ3v) is 3.55. The minimum atomic E-state index is -0.571. The van der Waals surface area contributed by atoms with Gasteiger partial charge in [-0.3, -0.25) is 9.59 Å². The van der Waals surface area contributed by atoms with E-state index in [4.69, 9.17) is 9.47 Å². The molecule has 0 saturated carbocycles. The number of carbonyl (C=O) groups excluding carboxylic acids is 3. The largest absolute Gasteiger partial charge is 0.494 e. The maximum atomic E-state index is 12.0. The molecule has 27 heavy (non-hydrogen) atoms. The highest BCUT2D eigenvalue weighted by Crippen LogP contribution is 2.16. The fourth-order valence-electron chi connectivity index (χ4n) is 2.30. The molecule has 2 rings (SSSR count). The summed E-state index contributed by atoms with van der Waals surface area (Å²) >= 11 is 0. The van der Waals surface area contributed by atoms with Crippen molar-refractivity contribution in [2.24, 2.45) is 0 Å². The molecule has 142 valence electrons. The summed E-state index contributed by atoms with van der Waals surface area (Å²) in [6, 6.07) is 13.5. The van der Waals surface area contributed by atoms with E-state index in [-0.39, 0.29) is 17.7 Å². The summed E-state index contributed by atoms with van der Waals surface area (Å²) in [5.41, 5.74) is 1.26. The Hall–Kier alpha value is -3.35. The number of rotatable bonds is 8. The van der Waals surface area contributed by atoms with E-state index >= 15 is 0 Å². The average Bonchev–Trinajstić information content (AvgIpc) is 2.68. The lowest BCUT2D eigenvalue weighted by molar-refractivity contribution is -0.146. The first-order valence-electron chi connectivity index (χ1n) is 8.38. The first-order valence-corrected chi connectivity index (χ1v) is 8.38. The van der Waals surface area contributed by atoms with E-state index < -0.39 is 24.5 Å². The first kappa shape index (κ1) is 20.0. The van der Waals surface area contributed by atoms with Gasteiger partial charge in [0.2, 0.25) is 0 Å². The minimum absolute atomic E-state index is 0.0401. The molecule has 0 heterocycles. The summed E-state index contributed by atoms with van der Waals surface area (Å²) in [5.74, 6) is -0.932. The lowest BCUT2D eigenvalue weighted by Crippen LogP contribution is -2.22. The molecule has 0 spiro atoms. The monoisotopic (exact) mass is 371 g/mol. The smallest absolute Gasteiger partial charge is 0.339 e. The van der Waals surface area contributed by atoms with Crippen molar-refractivity contribution in [1.29, 1.82) is 0 Å². The number of ether oxygens (including phenoxy) is 3. The average molecular weight is 371 g/mol. The number of anilines is 1. The zero-order valence-corrected chi connectivity index (χ0v) is 15.2. The second-order valence-electron chi connectivity index (χ2n) is 5.50. The predicted molar refractivity (Wildman–Crippen MR) is 98.7 cm³/mol. The van der Waals surface area contributed by atoms with Gasteiger partial charge in [0.15, 0.2) is 6.61 Å². The van der Waals surface area contributed by atoms with E-state index in [0.717, 1.165) is 11.3 Å². The Balaban J connectivity index is 1.85. The molecule has 0 bridgehead atoms. The molecule has 0 fully saturated rings. The van der Waals surface area contributed by atoms with E-state index in [9.17, 15) is 14.4 Å². The van der Waals surface area contributed by atoms with Crippen LogP contribution in [0.2, 0.25) is 0 Å². The molecular weight excluding hydrogens is 350 g/mol. The van der Waals surface area contributed by atoms with Crippen LogP contribution in [0.15, 0.2) is 48.5 Å². The van der Waals surface area contributed by atoms with Crippen molar-refractivity contribution >= 4 is 23.5 Å². The maximum absolute atomic E-state index is 12.0. The number of nitrogens with one attached hydrogen (secondary N) is 1. The number of hydrogen-bond donors (Lipinski definition) is 1. The van der Waals surface area contributed by atoms with Crippen LogP contribution in [0.1, 0.15) is 22.8 Å². The van der Waals surface area contributed by atoms with Crippen LogP contribution >= 0.6 is 0 Å². The highest BCUT2D eigenvalue weighted by Gasteiger charge is 2.14. The molecule has 1 N–H and O–H groups in total. The van der Waals surface area contributed by atoms with Gasteiger partial charge in [-0.25, -0.2) is 4.79 Å². The number of methoxy groups -OCH3 is 1. The van der Waals surface area contributed by atoms with Gasteiger partial charge < -0.3 is 19.5 Å². The molecule has 0 aliphatic carbocycles. The van der Waals surface area contributed by atoms with E-state index in [1.807, 2.05) is 6.92 Å². The molecule has 7 heteroatoms. The number of amides is 1. The fraction of sp³-hybridized carbons (Fsp3) is 0.250. The number of para-hydroxylation sites is 1. The molecule has 0 saturated heterocycles. The number of esters is 2. The maximum Gasteiger partial charge on any atom is 0.339 e. The second-order valence-corrected chi connectivity index (χ2v) is 5.50. The van der Waals surface area contributed by atoms with Crippen molar-refractivity contribution in [2.45, 2.75) is 13.3 Å². The van der Waals surface area contributed by atoms with Gasteiger partial charge in [-0.2, -0.15) is 0 Å². The summed E-state index contributed by atoms with van der Waals surface area (Å²) in [4.78, 5) is 35.6. The van der Waals surface area contributed by atoms with E-state index in [2.05, 4.69) is 10.1 Å². The van der Waals surface area contributed by atoms with E-state index in [0.29, 0.717) is 6.61 Å². The molecule has 0 atom stereocenters. The van der Waals surface area contributed by atoms with Gasteiger partial charge in [0, 0.05) is 0 Å². The molecule has 0 radical (unpaired) electrons. The van der Waals surface area contributed by atoms with Gasteiger partial charge in [0.1, 0.15) is 5.75 Å². The Kier molecular flexibility index (Phi) is 7.37. The molecule has 7 nitrogen and oxygen atoms in total. The van der Waals surface area contributed by atoms with Gasteiger partial charge in [-0.1, -0.05) is 24.3 Å².